The summed E-state index contributed by atoms with van der Waals surface area (Å²) in [6.45, 7) is 1.98. The van der Waals surface area contributed by atoms with Crippen LogP contribution in [0.3, 0.4) is 0 Å². The Morgan fingerprint density at radius 1 is 1.32 bits per heavy atom. The molecule has 1 N–H and O–H groups in total. The molecule has 0 heterocycles. The topological polar surface area (TPSA) is 55.3 Å². The van der Waals surface area contributed by atoms with E-state index in [0.717, 1.165) is 30.6 Å². The Labute approximate surface area is 182 Å². The van der Waals surface area contributed by atoms with E-state index in [1.165, 1.54) is 18.9 Å². The Morgan fingerprint density at radius 3 is 2.68 bits per heavy atom. The number of alkyl halides is 2. The van der Waals surface area contributed by atoms with E-state index in [0.29, 0.717) is 25.5 Å². The Kier molecular flexibility index (Phi) is 11.4. The zero-order valence-electron chi connectivity index (χ0n) is 16.6. The van der Waals surface area contributed by atoms with Gasteiger partial charge in [-0.15, -0.1) is 24.0 Å². The molecule has 0 bridgehead atoms. The Balaban J connectivity index is 0.00000392. The fourth-order valence-corrected chi connectivity index (χ4v) is 2.53. The van der Waals surface area contributed by atoms with Crippen LogP contribution in [0.5, 0.6) is 11.5 Å². The third-order valence-electron chi connectivity index (χ3n) is 4.17. The van der Waals surface area contributed by atoms with E-state index in [1.54, 1.807) is 26.1 Å². The van der Waals surface area contributed by atoms with Crippen LogP contribution in [0.2, 0.25) is 0 Å². The number of likely N-dealkylation sites (N-methyl/N-ethyl adjacent to an activating group) is 1. The fourth-order valence-electron chi connectivity index (χ4n) is 2.53. The summed E-state index contributed by atoms with van der Waals surface area (Å²) in [4.78, 5) is 6.26. The maximum atomic E-state index is 12.5. The molecule has 2 rings (SSSR count). The van der Waals surface area contributed by atoms with Crippen molar-refractivity contribution in [2.24, 2.45) is 10.9 Å². The van der Waals surface area contributed by atoms with E-state index in [1.807, 2.05) is 11.9 Å². The van der Waals surface area contributed by atoms with Gasteiger partial charge in [0.2, 0.25) is 0 Å². The van der Waals surface area contributed by atoms with Crippen LogP contribution in [0.15, 0.2) is 23.2 Å². The van der Waals surface area contributed by atoms with Gasteiger partial charge < -0.3 is 24.4 Å². The molecule has 1 aromatic carbocycles. The minimum atomic E-state index is -2.89. The first-order chi connectivity index (χ1) is 13.0. The SMILES string of the molecule is CCOc1cc(CNC(=NC)N(C)CCOCC2CC2)ccc1OC(F)F.I. The van der Waals surface area contributed by atoms with Crippen molar-refractivity contribution < 1.29 is 23.0 Å². The summed E-state index contributed by atoms with van der Waals surface area (Å²) in [5.41, 5.74) is 0.875. The van der Waals surface area contributed by atoms with Gasteiger partial charge in [0.05, 0.1) is 13.2 Å². The maximum absolute atomic E-state index is 12.5. The number of benzene rings is 1. The van der Waals surface area contributed by atoms with Crippen molar-refractivity contribution in [1.29, 1.82) is 0 Å². The van der Waals surface area contributed by atoms with Crippen LogP contribution in [0.25, 0.3) is 0 Å². The van der Waals surface area contributed by atoms with Crippen LogP contribution in [-0.4, -0.2) is 57.9 Å². The molecule has 1 aliphatic carbocycles. The van der Waals surface area contributed by atoms with E-state index < -0.39 is 6.61 Å². The van der Waals surface area contributed by atoms with Crippen molar-refractivity contribution in [3.8, 4) is 11.5 Å². The van der Waals surface area contributed by atoms with Gasteiger partial charge in [-0.2, -0.15) is 8.78 Å². The molecule has 1 saturated carbocycles. The summed E-state index contributed by atoms with van der Waals surface area (Å²) in [5.74, 6) is 1.82. The van der Waals surface area contributed by atoms with E-state index >= 15 is 0 Å². The lowest BCUT2D eigenvalue weighted by atomic mass is 10.2. The number of nitrogens with one attached hydrogen (secondary N) is 1. The predicted octanol–water partition coefficient (Wildman–Crippen LogP) is 3.74. The van der Waals surface area contributed by atoms with Gasteiger partial charge in [-0.25, -0.2) is 0 Å². The average molecular weight is 513 g/mol. The van der Waals surface area contributed by atoms with Gasteiger partial charge in [0.15, 0.2) is 17.5 Å². The smallest absolute Gasteiger partial charge is 0.387 e. The number of aliphatic imine (C=N–C) groups is 1. The third-order valence-corrected chi connectivity index (χ3v) is 4.17. The molecule has 0 spiro atoms. The quantitative estimate of drug-likeness (QED) is 0.212. The lowest BCUT2D eigenvalue weighted by Crippen LogP contribution is -2.40. The molecule has 28 heavy (non-hydrogen) atoms. The number of hydrogen-bond acceptors (Lipinski definition) is 4. The first-order valence-corrected chi connectivity index (χ1v) is 9.23. The molecule has 0 saturated heterocycles. The molecule has 1 aliphatic rings. The second kappa shape index (κ2) is 13.0. The number of ether oxygens (including phenoxy) is 3. The molecule has 1 fully saturated rings. The molecule has 9 heteroatoms. The summed E-state index contributed by atoms with van der Waals surface area (Å²) < 4.78 is 40.5. The second-order valence-electron chi connectivity index (χ2n) is 6.43. The average Bonchev–Trinajstić information content (AvgIpc) is 3.45. The second-order valence-corrected chi connectivity index (χ2v) is 6.43. The molecule has 0 aromatic heterocycles. The fraction of sp³-hybridized carbons (Fsp3) is 0.632. The molecule has 0 radical (unpaired) electrons. The van der Waals surface area contributed by atoms with Crippen molar-refractivity contribution in [3.63, 3.8) is 0 Å². The van der Waals surface area contributed by atoms with Gasteiger partial charge in [-0.1, -0.05) is 6.07 Å². The van der Waals surface area contributed by atoms with E-state index in [2.05, 4.69) is 15.0 Å². The van der Waals surface area contributed by atoms with Gasteiger partial charge in [-0.3, -0.25) is 4.99 Å². The van der Waals surface area contributed by atoms with Gasteiger partial charge in [0, 0.05) is 33.8 Å². The zero-order chi connectivity index (χ0) is 19.6. The minimum Gasteiger partial charge on any atom is -0.490 e. The summed E-state index contributed by atoms with van der Waals surface area (Å²) in [6, 6.07) is 4.91. The van der Waals surface area contributed by atoms with E-state index in [-0.39, 0.29) is 29.7 Å². The molecule has 6 nitrogen and oxygen atoms in total. The zero-order valence-corrected chi connectivity index (χ0v) is 19.0. The van der Waals surface area contributed by atoms with E-state index in [4.69, 9.17) is 9.47 Å². The van der Waals surface area contributed by atoms with Crippen LogP contribution >= 0.6 is 24.0 Å². The summed E-state index contributed by atoms with van der Waals surface area (Å²) in [7, 11) is 3.66. The first kappa shape index (κ1) is 24.7. The molecule has 0 aliphatic heterocycles. The minimum absolute atomic E-state index is 0. The summed E-state index contributed by atoms with van der Waals surface area (Å²) >= 11 is 0. The maximum Gasteiger partial charge on any atom is 0.387 e. The van der Waals surface area contributed by atoms with Crippen molar-refractivity contribution in [1.82, 2.24) is 10.2 Å². The monoisotopic (exact) mass is 513 g/mol. The van der Waals surface area contributed by atoms with Gasteiger partial charge >= 0.3 is 6.61 Å². The van der Waals surface area contributed by atoms with Crippen molar-refractivity contribution >= 4 is 29.9 Å². The van der Waals surface area contributed by atoms with Crippen molar-refractivity contribution in [2.45, 2.75) is 32.9 Å². The van der Waals surface area contributed by atoms with Crippen LogP contribution in [0, 0.1) is 5.92 Å². The predicted molar refractivity (Wildman–Crippen MR) is 116 cm³/mol. The van der Waals surface area contributed by atoms with Crippen molar-refractivity contribution in [3.05, 3.63) is 23.8 Å². The normalized spacial score (nSPS) is 13.9. The Bertz CT molecular complexity index is 616. The highest BCUT2D eigenvalue weighted by molar-refractivity contribution is 14.0. The molecule has 0 unspecified atom stereocenters. The lowest BCUT2D eigenvalue weighted by molar-refractivity contribution is -0.0514. The highest BCUT2D eigenvalue weighted by Gasteiger charge is 2.21. The number of guanidine groups is 1. The largest absolute Gasteiger partial charge is 0.490 e. The Hall–Kier alpha value is -1.36. The molecule has 1 aromatic rings. The van der Waals surface area contributed by atoms with Gasteiger partial charge in [0.1, 0.15) is 0 Å². The molecule has 0 atom stereocenters. The third kappa shape index (κ3) is 8.76. The summed E-state index contributed by atoms with van der Waals surface area (Å²) in [5, 5.41) is 3.25. The Morgan fingerprint density at radius 2 is 2.07 bits per heavy atom. The number of hydrogen-bond donors (Lipinski definition) is 1. The highest BCUT2D eigenvalue weighted by atomic mass is 127. The van der Waals surface area contributed by atoms with Gasteiger partial charge in [0.25, 0.3) is 0 Å². The molecule has 0 amide bonds. The van der Waals surface area contributed by atoms with Crippen LogP contribution in [0.4, 0.5) is 8.78 Å². The lowest BCUT2D eigenvalue weighted by Gasteiger charge is -2.22. The van der Waals surface area contributed by atoms with Crippen molar-refractivity contribution in [2.75, 3.05) is 40.5 Å². The molecular formula is C19H30F2IN3O3. The van der Waals surface area contributed by atoms with Crippen LogP contribution in [-0.2, 0) is 11.3 Å². The number of nitrogens with zero attached hydrogens (tertiary/aromatic N) is 2. The number of rotatable bonds is 11. The van der Waals surface area contributed by atoms with Crippen LogP contribution < -0.4 is 14.8 Å². The molecular weight excluding hydrogens is 483 g/mol. The van der Waals surface area contributed by atoms with Gasteiger partial charge in [-0.05, 0) is 43.4 Å². The first-order valence-electron chi connectivity index (χ1n) is 9.23. The summed E-state index contributed by atoms with van der Waals surface area (Å²) in [6.07, 6.45) is 2.56. The highest BCUT2D eigenvalue weighted by Crippen LogP contribution is 2.30. The standard InChI is InChI=1S/C19H29F2N3O3.HI/c1-4-26-17-11-15(7-8-16(17)27-18(20)21)12-23-19(22-2)24(3)9-10-25-13-14-5-6-14;/h7-8,11,14,18H,4-6,9-10,12-13H2,1-3H3,(H,22,23);1H. The van der Waals surface area contributed by atoms with E-state index in [9.17, 15) is 8.78 Å². The molecule has 160 valence electrons. The number of halogens is 3. The van der Waals surface area contributed by atoms with Crippen LogP contribution in [0.1, 0.15) is 25.3 Å².